The molecule has 0 spiro atoms. The summed E-state index contributed by atoms with van der Waals surface area (Å²) in [5, 5.41) is 22.7. The largest absolute Gasteiger partial charge is 0.481 e. The van der Waals surface area contributed by atoms with E-state index in [1.54, 1.807) is 11.1 Å². The molecule has 0 atom stereocenters. The standard InChI is InChI=1S/C30H38N6O4S/c1-35(2)28(39)20-9-12-36(13-10-20)11-5-8-24-23(17-32-34-24)25-19-41-26(33-25)18-31-29(40)30(16-27(37)38)14-21-6-3-4-7-22(21)15-30/h3-4,6-7,17,19-20H,5,8-16,18H2,1-2H3,(H,31,40)(H,32,34)(H,37,38). The Bertz CT molecular complexity index is 1370. The molecule has 1 aliphatic carbocycles. The highest BCUT2D eigenvalue weighted by Crippen LogP contribution is 2.40. The molecule has 1 aliphatic heterocycles. The lowest BCUT2D eigenvalue weighted by molar-refractivity contribution is -0.145. The molecule has 0 saturated carbocycles. The normalized spacial score (nSPS) is 16.8. The van der Waals surface area contributed by atoms with Gasteiger partial charge in [0.15, 0.2) is 0 Å². The van der Waals surface area contributed by atoms with Crippen LogP contribution in [0.4, 0.5) is 0 Å². The van der Waals surface area contributed by atoms with Crippen LogP contribution in [-0.4, -0.2) is 81.6 Å². The van der Waals surface area contributed by atoms with Crippen LogP contribution in [0.5, 0.6) is 0 Å². The first-order chi connectivity index (χ1) is 19.7. The second-order valence-electron chi connectivity index (χ2n) is 11.5. The second-order valence-corrected chi connectivity index (χ2v) is 12.4. The Morgan fingerprint density at radius 2 is 1.88 bits per heavy atom. The van der Waals surface area contributed by atoms with Gasteiger partial charge in [-0.15, -0.1) is 11.3 Å². The molecule has 1 saturated heterocycles. The number of thiazole rings is 1. The third-order valence-electron chi connectivity index (χ3n) is 8.37. The van der Waals surface area contributed by atoms with Crippen molar-refractivity contribution < 1.29 is 19.5 Å². The summed E-state index contributed by atoms with van der Waals surface area (Å²) in [7, 11) is 3.65. The number of piperidine rings is 1. The maximum absolute atomic E-state index is 13.3. The van der Waals surface area contributed by atoms with Crippen LogP contribution in [0.25, 0.3) is 11.3 Å². The van der Waals surface area contributed by atoms with Crippen molar-refractivity contribution in [3.63, 3.8) is 0 Å². The summed E-state index contributed by atoms with van der Waals surface area (Å²) in [5.41, 5.74) is 3.91. The van der Waals surface area contributed by atoms with Crippen molar-refractivity contribution in [2.24, 2.45) is 11.3 Å². The number of nitrogens with one attached hydrogen (secondary N) is 2. The molecule has 218 valence electrons. The van der Waals surface area contributed by atoms with Gasteiger partial charge >= 0.3 is 5.97 Å². The van der Waals surface area contributed by atoms with Gasteiger partial charge in [0, 0.05) is 36.7 Å². The number of amides is 2. The number of aryl methyl sites for hydroxylation is 1. The predicted molar refractivity (Wildman–Crippen MR) is 156 cm³/mol. The fourth-order valence-corrected chi connectivity index (χ4v) is 6.91. The van der Waals surface area contributed by atoms with E-state index in [0.29, 0.717) is 12.8 Å². The lowest BCUT2D eigenvalue weighted by Crippen LogP contribution is -2.43. The Hall–Kier alpha value is -3.57. The topological polar surface area (TPSA) is 132 Å². The number of hydrogen-bond acceptors (Lipinski definition) is 7. The van der Waals surface area contributed by atoms with E-state index in [1.165, 1.54) is 11.3 Å². The number of aliphatic carboxylic acids is 1. The molecule has 10 nitrogen and oxygen atoms in total. The van der Waals surface area contributed by atoms with Crippen LogP contribution >= 0.6 is 11.3 Å². The van der Waals surface area contributed by atoms with Gasteiger partial charge in [0.2, 0.25) is 11.8 Å². The number of carboxylic acids is 1. The van der Waals surface area contributed by atoms with Crippen LogP contribution in [0.3, 0.4) is 0 Å². The molecule has 3 N–H and O–H groups in total. The number of H-pyrrole nitrogens is 1. The number of carbonyl (C=O) groups excluding carboxylic acids is 2. The molecule has 3 aromatic rings. The molecule has 2 aromatic heterocycles. The number of rotatable bonds is 11. The molecule has 2 aliphatic rings. The minimum Gasteiger partial charge on any atom is -0.481 e. The Kier molecular flexibility index (Phi) is 8.84. The van der Waals surface area contributed by atoms with E-state index in [2.05, 4.69) is 20.4 Å². The number of aromatic nitrogens is 3. The van der Waals surface area contributed by atoms with Gasteiger partial charge in [-0.1, -0.05) is 24.3 Å². The van der Waals surface area contributed by atoms with Gasteiger partial charge in [-0.25, -0.2) is 4.98 Å². The lowest BCUT2D eigenvalue weighted by atomic mass is 9.80. The van der Waals surface area contributed by atoms with Crippen LogP contribution in [-0.2, 0) is 40.2 Å². The van der Waals surface area contributed by atoms with Crippen molar-refractivity contribution in [1.82, 2.24) is 30.3 Å². The first-order valence-electron chi connectivity index (χ1n) is 14.2. The molecule has 41 heavy (non-hydrogen) atoms. The number of fused-ring (bicyclic) bond motifs is 1. The summed E-state index contributed by atoms with van der Waals surface area (Å²) >= 11 is 1.47. The van der Waals surface area contributed by atoms with Gasteiger partial charge in [0.05, 0.1) is 30.3 Å². The Morgan fingerprint density at radius 3 is 2.54 bits per heavy atom. The minimum absolute atomic E-state index is 0.140. The number of carboxylic acid groups (broad SMARTS) is 1. The molecule has 2 amide bonds. The molecule has 11 heteroatoms. The van der Waals surface area contributed by atoms with Gasteiger partial charge < -0.3 is 20.2 Å². The molecule has 1 fully saturated rings. The number of nitrogens with zero attached hydrogens (tertiary/aromatic N) is 4. The SMILES string of the molecule is CN(C)C(=O)C1CCN(CCCc2[nH]ncc2-c2csc(CNC(=O)C3(CC(=O)O)Cc4ccccc4C3)n2)CC1. The molecule has 3 heterocycles. The van der Waals surface area contributed by atoms with Gasteiger partial charge in [0.1, 0.15) is 5.01 Å². The number of benzene rings is 1. The van der Waals surface area contributed by atoms with E-state index in [9.17, 15) is 19.5 Å². The van der Waals surface area contributed by atoms with Crippen LogP contribution in [0.15, 0.2) is 35.8 Å². The highest BCUT2D eigenvalue weighted by atomic mass is 32.1. The zero-order valence-electron chi connectivity index (χ0n) is 23.7. The first-order valence-corrected chi connectivity index (χ1v) is 15.1. The monoisotopic (exact) mass is 578 g/mol. The molecule has 0 unspecified atom stereocenters. The average Bonchev–Trinajstić information content (AvgIpc) is 3.69. The van der Waals surface area contributed by atoms with Crippen molar-refractivity contribution in [3.8, 4) is 11.3 Å². The van der Waals surface area contributed by atoms with E-state index >= 15 is 0 Å². The zero-order chi connectivity index (χ0) is 29.0. The molecule has 5 rings (SSSR count). The van der Waals surface area contributed by atoms with Crippen molar-refractivity contribution in [2.75, 3.05) is 33.7 Å². The van der Waals surface area contributed by atoms with E-state index in [-0.39, 0.29) is 30.7 Å². The van der Waals surface area contributed by atoms with Crippen LogP contribution in [0, 0.1) is 11.3 Å². The number of aromatic amines is 1. The fourth-order valence-electron chi connectivity index (χ4n) is 6.18. The van der Waals surface area contributed by atoms with Gasteiger partial charge in [-0.2, -0.15) is 5.10 Å². The minimum atomic E-state index is -0.982. The number of hydrogen-bond donors (Lipinski definition) is 3. The molecule has 1 aromatic carbocycles. The quantitative estimate of drug-likeness (QED) is 0.319. The van der Waals surface area contributed by atoms with Crippen molar-refractivity contribution in [1.29, 1.82) is 0 Å². The highest BCUT2D eigenvalue weighted by Gasteiger charge is 2.45. The summed E-state index contributed by atoms with van der Waals surface area (Å²) in [6, 6.07) is 7.79. The van der Waals surface area contributed by atoms with E-state index in [1.807, 2.05) is 43.7 Å². The summed E-state index contributed by atoms with van der Waals surface area (Å²) in [6.07, 6.45) is 6.08. The number of likely N-dealkylation sites (tertiary alicyclic amines) is 1. The molecular weight excluding hydrogens is 540 g/mol. The average molecular weight is 579 g/mol. The summed E-state index contributed by atoms with van der Waals surface area (Å²) in [5.74, 6) is -0.841. The predicted octanol–water partition coefficient (Wildman–Crippen LogP) is 3.14. The first kappa shape index (κ1) is 28.9. The summed E-state index contributed by atoms with van der Waals surface area (Å²) in [4.78, 5) is 46.1. The maximum atomic E-state index is 13.3. The molecule has 0 radical (unpaired) electrons. The van der Waals surface area contributed by atoms with Gasteiger partial charge in [-0.05, 0) is 69.3 Å². The Labute approximate surface area is 244 Å². The smallest absolute Gasteiger partial charge is 0.304 e. The summed E-state index contributed by atoms with van der Waals surface area (Å²) < 4.78 is 0. The van der Waals surface area contributed by atoms with Crippen molar-refractivity contribution >= 4 is 29.1 Å². The molecule has 0 bridgehead atoms. The van der Waals surface area contributed by atoms with Gasteiger partial charge in [0.25, 0.3) is 0 Å². The van der Waals surface area contributed by atoms with Crippen molar-refractivity contribution in [3.05, 3.63) is 57.7 Å². The second kappa shape index (κ2) is 12.5. The van der Waals surface area contributed by atoms with E-state index in [0.717, 1.165) is 78.4 Å². The maximum Gasteiger partial charge on any atom is 0.304 e. The Balaban J connectivity index is 1.13. The zero-order valence-corrected chi connectivity index (χ0v) is 24.5. The highest BCUT2D eigenvalue weighted by molar-refractivity contribution is 7.09. The van der Waals surface area contributed by atoms with Crippen molar-refractivity contribution in [2.45, 2.75) is 51.5 Å². The van der Waals surface area contributed by atoms with Crippen LogP contribution in [0.2, 0.25) is 0 Å². The van der Waals surface area contributed by atoms with E-state index in [4.69, 9.17) is 4.98 Å². The number of carbonyl (C=O) groups is 3. The third-order valence-corrected chi connectivity index (χ3v) is 9.22. The Morgan fingerprint density at radius 1 is 1.17 bits per heavy atom. The van der Waals surface area contributed by atoms with Crippen LogP contribution < -0.4 is 5.32 Å². The third kappa shape index (κ3) is 6.68. The van der Waals surface area contributed by atoms with E-state index < -0.39 is 11.4 Å². The van der Waals surface area contributed by atoms with Crippen LogP contribution in [0.1, 0.15) is 47.5 Å². The fraction of sp³-hybridized carbons (Fsp3) is 0.500. The summed E-state index contributed by atoms with van der Waals surface area (Å²) in [6.45, 7) is 3.11. The van der Waals surface area contributed by atoms with Gasteiger partial charge in [-0.3, -0.25) is 19.5 Å². The lowest BCUT2D eigenvalue weighted by Gasteiger charge is -2.32. The molecular formula is C30H38N6O4S.